The summed E-state index contributed by atoms with van der Waals surface area (Å²) in [7, 11) is 2.88. The lowest BCUT2D eigenvalue weighted by molar-refractivity contribution is -0.130. The Balaban J connectivity index is 1.53. The molecule has 1 aliphatic carbocycles. The lowest BCUT2D eigenvalue weighted by Gasteiger charge is -2.35. The van der Waals surface area contributed by atoms with Gasteiger partial charge in [0.2, 0.25) is 23.1 Å². The Labute approximate surface area is 191 Å². The average molecular weight is 463 g/mol. The van der Waals surface area contributed by atoms with Gasteiger partial charge in [-0.05, 0) is 19.3 Å². The van der Waals surface area contributed by atoms with Gasteiger partial charge in [0.15, 0.2) is 5.75 Å². The topological polar surface area (TPSA) is 94.2 Å². The molecule has 0 aromatic heterocycles. The number of amides is 1. The first-order chi connectivity index (χ1) is 15.3. The van der Waals surface area contributed by atoms with E-state index >= 15 is 0 Å². The number of methoxy groups -OCH3 is 2. The van der Waals surface area contributed by atoms with Crippen LogP contribution >= 0.6 is 11.6 Å². The van der Waals surface area contributed by atoms with Crippen LogP contribution in [-0.2, 0) is 9.59 Å². The van der Waals surface area contributed by atoms with E-state index in [0.717, 1.165) is 25.9 Å². The molecule has 172 valence electrons. The number of carbonyl (C=O) groups excluding carboxylic acids is 3. The van der Waals surface area contributed by atoms with Crippen molar-refractivity contribution in [1.29, 1.82) is 0 Å². The lowest BCUT2D eigenvalue weighted by Crippen LogP contribution is -2.55. The van der Waals surface area contributed by atoms with Crippen LogP contribution in [0.5, 0.6) is 17.2 Å². The number of halogens is 1. The fourth-order valence-corrected chi connectivity index (χ4v) is 4.97. The van der Waals surface area contributed by atoms with Crippen LogP contribution in [0.4, 0.5) is 0 Å². The summed E-state index contributed by atoms with van der Waals surface area (Å²) < 4.78 is 16.6. The number of hydrogen-bond acceptors (Lipinski definition) is 7. The second-order valence-corrected chi connectivity index (χ2v) is 8.75. The predicted molar refractivity (Wildman–Crippen MR) is 118 cm³/mol. The first kappa shape index (κ1) is 22.5. The third-order valence-corrected chi connectivity index (χ3v) is 6.82. The first-order valence-corrected chi connectivity index (χ1v) is 11.2. The van der Waals surface area contributed by atoms with Crippen molar-refractivity contribution < 1.29 is 28.6 Å². The van der Waals surface area contributed by atoms with Gasteiger partial charge < -0.3 is 24.4 Å². The van der Waals surface area contributed by atoms with Crippen LogP contribution in [0.3, 0.4) is 0 Å². The van der Waals surface area contributed by atoms with Crippen molar-refractivity contribution in [3.8, 4) is 17.2 Å². The maximum atomic E-state index is 13.5. The standard InChI is InChI=1S/C23H27ClN2O6/c1-13-10-14(25-7-6-18(28)26-8-4-5-9-26)11-17(27)23(13)22(29)19-15(30-2)12-16(31-3)20(24)21(19)32-23/h11-13,25H,4-10H2,1-3H3/t13-,23+/m1/s1. The third-order valence-electron chi connectivity index (χ3n) is 6.46. The third kappa shape index (κ3) is 3.50. The van der Waals surface area contributed by atoms with Crippen LogP contribution in [0.25, 0.3) is 0 Å². The highest BCUT2D eigenvalue weighted by atomic mass is 35.5. The molecule has 0 saturated carbocycles. The Hall–Kier alpha value is -2.74. The quantitative estimate of drug-likeness (QED) is 0.649. The van der Waals surface area contributed by atoms with Crippen LogP contribution in [0.2, 0.25) is 5.02 Å². The Morgan fingerprint density at radius 2 is 1.94 bits per heavy atom. The maximum Gasteiger partial charge on any atom is 0.236 e. The summed E-state index contributed by atoms with van der Waals surface area (Å²) in [6, 6.07) is 1.51. The van der Waals surface area contributed by atoms with Crippen molar-refractivity contribution >= 4 is 29.1 Å². The zero-order chi connectivity index (χ0) is 23.0. The van der Waals surface area contributed by atoms with E-state index in [1.807, 2.05) is 4.90 Å². The highest BCUT2D eigenvalue weighted by Crippen LogP contribution is 2.52. The summed E-state index contributed by atoms with van der Waals surface area (Å²) in [5, 5.41) is 3.31. The Bertz CT molecular complexity index is 1000. The molecule has 1 amide bonds. The van der Waals surface area contributed by atoms with Crippen LogP contribution in [0, 0.1) is 5.92 Å². The van der Waals surface area contributed by atoms with Crippen molar-refractivity contribution in [3.63, 3.8) is 0 Å². The Morgan fingerprint density at radius 1 is 1.25 bits per heavy atom. The van der Waals surface area contributed by atoms with Crippen molar-refractivity contribution in [3.05, 3.63) is 28.4 Å². The fourth-order valence-electron chi connectivity index (χ4n) is 4.71. The van der Waals surface area contributed by atoms with E-state index in [0.29, 0.717) is 30.8 Å². The number of ether oxygens (including phenoxy) is 3. The first-order valence-electron chi connectivity index (χ1n) is 10.8. The van der Waals surface area contributed by atoms with Crippen molar-refractivity contribution in [2.24, 2.45) is 5.92 Å². The van der Waals surface area contributed by atoms with Gasteiger partial charge in [-0.15, -0.1) is 0 Å². The smallest absolute Gasteiger partial charge is 0.236 e. The molecule has 1 N–H and O–H groups in total. The molecule has 1 spiro atoms. The van der Waals surface area contributed by atoms with E-state index in [1.54, 1.807) is 6.92 Å². The van der Waals surface area contributed by atoms with Crippen molar-refractivity contribution in [1.82, 2.24) is 10.2 Å². The molecular weight excluding hydrogens is 436 g/mol. The summed E-state index contributed by atoms with van der Waals surface area (Å²) >= 11 is 6.39. The minimum atomic E-state index is -1.69. The molecule has 2 aliphatic heterocycles. The number of nitrogens with one attached hydrogen (secondary N) is 1. The predicted octanol–water partition coefficient (Wildman–Crippen LogP) is 2.77. The lowest BCUT2D eigenvalue weighted by atomic mass is 9.74. The Morgan fingerprint density at radius 3 is 2.56 bits per heavy atom. The van der Waals surface area contributed by atoms with Gasteiger partial charge >= 0.3 is 0 Å². The molecule has 0 unspecified atom stereocenters. The monoisotopic (exact) mass is 462 g/mol. The number of rotatable bonds is 6. The molecule has 1 aromatic rings. The second kappa shape index (κ2) is 8.65. The number of nitrogens with zero attached hydrogens (tertiary/aromatic N) is 1. The van der Waals surface area contributed by atoms with Crippen molar-refractivity contribution in [2.75, 3.05) is 33.9 Å². The van der Waals surface area contributed by atoms with E-state index in [2.05, 4.69) is 5.32 Å². The van der Waals surface area contributed by atoms with Crippen LogP contribution in [0.1, 0.15) is 43.0 Å². The van der Waals surface area contributed by atoms with Gasteiger partial charge in [0, 0.05) is 49.8 Å². The highest BCUT2D eigenvalue weighted by Gasteiger charge is 2.60. The molecule has 3 aliphatic rings. The van der Waals surface area contributed by atoms with Crippen LogP contribution < -0.4 is 19.5 Å². The van der Waals surface area contributed by atoms with Gasteiger partial charge in [-0.1, -0.05) is 18.5 Å². The fraction of sp³-hybridized carbons (Fsp3) is 0.522. The Kier molecular flexibility index (Phi) is 6.07. The molecule has 0 bridgehead atoms. The number of fused-ring (bicyclic) bond motifs is 1. The normalized spacial score (nSPS) is 24.3. The summed E-state index contributed by atoms with van der Waals surface area (Å²) in [4.78, 5) is 40.8. The molecule has 2 atom stereocenters. The minimum Gasteiger partial charge on any atom is -0.496 e. The molecule has 9 heteroatoms. The van der Waals surface area contributed by atoms with Gasteiger partial charge in [0.25, 0.3) is 0 Å². The molecule has 32 heavy (non-hydrogen) atoms. The summed E-state index contributed by atoms with van der Waals surface area (Å²) in [6.07, 6.45) is 4.28. The molecule has 1 fully saturated rings. The molecular formula is C23H27ClN2O6. The molecule has 8 nitrogen and oxygen atoms in total. The van der Waals surface area contributed by atoms with Crippen molar-refractivity contribution in [2.45, 2.75) is 38.2 Å². The maximum absolute atomic E-state index is 13.5. The average Bonchev–Trinajstić information content (AvgIpc) is 3.41. The minimum absolute atomic E-state index is 0.106. The SMILES string of the molecule is COc1cc(OC)c2c(c1Cl)O[C@@]1(C(=O)C=C(NCCC(=O)N3CCCC3)C[C@H]1C)C2=O. The highest BCUT2D eigenvalue weighted by molar-refractivity contribution is 6.36. The summed E-state index contributed by atoms with van der Waals surface area (Å²) in [5.74, 6) is -0.617. The van der Waals surface area contributed by atoms with E-state index in [-0.39, 0.29) is 28.0 Å². The molecule has 1 saturated heterocycles. The second-order valence-electron chi connectivity index (χ2n) is 8.37. The van der Waals surface area contributed by atoms with E-state index in [1.165, 1.54) is 26.4 Å². The largest absolute Gasteiger partial charge is 0.496 e. The number of carbonyl (C=O) groups is 3. The zero-order valence-corrected chi connectivity index (χ0v) is 19.2. The number of benzene rings is 1. The molecule has 2 heterocycles. The summed E-state index contributed by atoms with van der Waals surface area (Å²) in [6.45, 7) is 3.86. The van der Waals surface area contributed by atoms with Gasteiger partial charge in [0.1, 0.15) is 22.1 Å². The van der Waals surface area contributed by atoms with Gasteiger partial charge in [-0.25, -0.2) is 0 Å². The van der Waals surface area contributed by atoms with Crippen LogP contribution in [0.15, 0.2) is 17.8 Å². The number of hydrogen-bond donors (Lipinski definition) is 1. The molecule has 1 aromatic carbocycles. The molecule has 0 radical (unpaired) electrons. The van der Waals surface area contributed by atoms with E-state index < -0.39 is 23.1 Å². The van der Waals surface area contributed by atoms with E-state index in [4.69, 9.17) is 25.8 Å². The number of allylic oxidation sites excluding steroid dienone is 1. The molecule has 4 rings (SSSR count). The van der Waals surface area contributed by atoms with Gasteiger partial charge in [0.05, 0.1) is 14.2 Å². The van der Waals surface area contributed by atoms with E-state index in [9.17, 15) is 14.4 Å². The van der Waals surface area contributed by atoms with Gasteiger partial charge in [-0.3, -0.25) is 14.4 Å². The number of likely N-dealkylation sites (tertiary alicyclic amines) is 1. The number of ketones is 2. The van der Waals surface area contributed by atoms with Crippen LogP contribution in [-0.4, -0.2) is 61.8 Å². The number of Topliss-reactive ketones (excluding diaryl/α,β-unsaturated/α-hetero) is 1. The zero-order valence-electron chi connectivity index (χ0n) is 18.5. The summed E-state index contributed by atoms with van der Waals surface area (Å²) in [5.41, 5.74) is -0.854. The van der Waals surface area contributed by atoms with Gasteiger partial charge in [-0.2, -0.15) is 0 Å².